The van der Waals surface area contributed by atoms with Crippen LogP contribution in [0.25, 0.3) is 11.3 Å². The van der Waals surface area contributed by atoms with Gasteiger partial charge in [0.15, 0.2) is 0 Å². The molecule has 0 spiro atoms. The van der Waals surface area contributed by atoms with Gasteiger partial charge in [-0.15, -0.1) is 0 Å². The lowest BCUT2D eigenvalue weighted by atomic mass is 10.1. The minimum Gasteiger partial charge on any atom is -0.366 e. The Morgan fingerprint density at radius 1 is 0.862 bits per heavy atom. The molecule has 0 saturated carbocycles. The third-order valence-electron chi connectivity index (χ3n) is 4.31. The summed E-state index contributed by atoms with van der Waals surface area (Å²) in [7, 11) is 0. The third-order valence-corrected chi connectivity index (χ3v) is 4.31. The molecule has 2 aromatic heterocycles. The summed E-state index contributed by atoms with van der Waals surface area (Å²) in [5, 5.41) is 15.9. The Hall–Kier alpha value is -4.24. The summed E-state index contributed by atoms with van der Waals surface area (Å²) in [6.07, 6.45) is 3.52. The lowest BCUT2D eigenvalue weighted by Crippen LogP contribution is -2.06. The fraction of sp³-hybridized carbons (Fsp3) is 0.0435. The number of anilines is 3. The van der Waals surface area contributed by atoms with Crippen molar-refractivity contribution in [3.8, 4) is 17.3 Å². The molecule has 6 nitrogen and oxygen atoms in total. The van der Waals surface area contributed by atoms with Crippen molar-refractivity contribution in [3.05, 3.63) is 96.3 Å². The highest BCUT2D eigenvalue weighted by Crippen LogP contribution is 2.24. The van der Waals surface area contributed by atoms with Crippen LogP contribution in [0.15, 0.2) is 85.2 Å². The Labute approximate surface area is 168 Å². The van der Waals surface area contributed by atoms with E-state index >= 15 is 0 Å². The van der Waals surface area contributed by atoms with Crippen LogP contribution in [-0.4, -0.2) is 15.0 Å². The molecular weight excluding hydrogens is 360 g/mol. The van der Waals surface area contributed by atoms with Crippen molar-refractivity contribution < 1.29 is 0 Å². The van der Waals surface area contributed by atoms with Gasteiger partial charge in [0.05, 0.1) is 16.9 Å². The summed E-state index contributed by atoms with van der Waals surface area (Å²) in [5.74, 6) is 1.11. The molecule has 0 atom stereocenters. The van der Waals surface area contributed by atoms with Crippen molar-refractivity contribution in [3.63, 3.8) is 0 Å². The van der Waals surface area contributed by atoms with E-state index in [0.717, 1.165) is 16.8 Å². The Morgan fingerprint density at radius 2 is 1.62 bits per heavy atom. The topological polar surface area (TPSA) is 86.5 Å². The Bertz CT molecular complexity index is 1140. The van der Waals surface area contributed by atoms with Gasteiger partial charge >= 0.3 is 0 Å². The average Bonchev–Trinajstić information content (AvgIpc) is 2.79. The van der Waals surface area contributed by atoms with Crippen LogP contribution < -0.4 is 10.6 Å². The smallest absolute Gasteiger partial charge is 0.229 e. The Morgan fingerprint density at radius 3 is 2.41 bits per heavy atom. The highest BCUT2D eigenvalue weighted by molar-refractivity contribution is 5.68. The van der Waals surface area contributed by atoms with Crippen molar-refractivity contribution >= 4 is 17.5 Å². The highest BCUT2D eigenvalue weighted by Gasteiger charge is 2.09. The summed E-state index contributed by atoms with van der Waals surface area (Å²) in [4.78, 5) is 13.3. The molecular formula is C23H18N6. The van der Waals surface area contributed by atoms with E-state index in [1.54, 1.807) is 18.5 Å². The molecule has 0 fully saturated rings. The van der Waals surface area contributed by atoms with E-state index in [1.165, 1.54) is 0 Å². The van der Waals surface area contributed by atoms with Gasteiger partial charge in [-0.05, 0) is 29.8 Å². The maximum Gasteiger partial charge on any atom is 0.229 e. The third kappa shape index (κ3) is 4.54. The molecule has 4 aromatic rings. The molecule has 0 aliphatic rings. The van der Waals surface area contributed by atoms with Gasteiger partial charge in [-0.3, -0.25) is 4.98 Å². The summed E-state index contributed by atoms with van der Waals surface area (Å²) in [6.45, 7) is 0.613. The second-order valence-corrected chi connectivity index (χ2v) is 6.32. The predicted octanol–water partition coefficient (Wildman–Crippen LogP) is 4.77. The number of nitrogens with one attached hydrogen (secondary N) is 2. The molecule has 29 heavy (non-hydrogen) atoms. The van der Waals surface area contributed by atoms with Crippen LogP contribution >= 0.6 is 0 Å². The predicted molar refractivity (Wildman–Crippen MR) is 113 cm³/mol. The number of rotatable bonds is 6. The van der Waals surface area contributed by atoms with Crippen molar-refractivity contribution in [1.82, 2.24) is 15.0 Å². The molecule has 2 aromatic carbocycles. The second kappa shape index (κ2) is 8.63. The van der Waals surface area contributed by atoms with Crippen LogP contribution in [0.2, 0.25) is 0 Å². The number of aromatic nitrogens is 3. The zero-order chi connectivity index (χ0) is 19.9. The monoisotopic (exact) mass is 378 g/mol. The van der Waals surface area contributed by atoms with E-state index in [2.05, 4.69) is 31.7 Å². The van der Waals surface area contributed by atoms with E-state index < -0.39 is 0 Å². The van der Waals surface area contributed by atoms with Crippen LogP contribution in [0.3, 0.4) is 0 Å². The van der Waals surface area contributed by atoms with Gasteiger partial charge in [0, 0.05) is 30.6 Å². The standard InChI is InChI=1S/C23H18N6/c24-15-19-8-4-5-9-20(19)27-23-28-21(18-6-2-1-3-7-18)14-22(29-23)26-16-17-10-12-25-13-11-17/h1-14H,16H2,(H2,26,27,28,29). The molecule has 0 unspecified atom stereocenters. The van der Waals surface area contributed by atoms with Crippen LogP contribution in [0, 0.1) is 11.3 Å². The maximum atomic E-state index is 9.35. The van der Waals surface area contributed by atoms with Crippen molar-refractivity contribution in [2.24, 2.45) is 0 Å². The second-order valence-electron chi connectivity index (χ2n) is 6.32. The van der Waals surface area contributed by atoms with Gasteiger partial charge in [0.1, 0.15) is 11.9 Å². The first-order valence-electron chi connectivity index (χ1n) is 9.15. The minimum atomic E-state index is 0.422. The van der Waals surface area contributed by atoms with Crippen molar-refractivity contribution in [2.45, 2.75) is 6.54 Å². The van der Waals surface area contributed by atoms with Crippen molar-refractivity contribution in [1.29, 1.82) is 5.26 Å². The fourth-order valence-electron chi connectivity index (χ4n) is 2.85. The summed E-state index contributed by atoms with van der Waals surface area (Å²) >= 11 is 0. The molecule has 0 aliphatic heterocycles. The van der Waals surface area contributed by atoms with E-state index in [-0.39, 0.29) is 0 Å². The number of benzene rings is 2. The molecule has 2 N–H and O–H groups in total. The molecule has 2 heterocycles. The summed E-state index contributed by atoms with van der Waals surface area (Å²) < 4.78 is 0. The molecule has 140 valence electrons. The van der Waals surface area contributed by atoms with Gasteiger partial charge in [-0.25, -0.2) is 4.98 Å². The molecule has 0 bridgehead atoms. The van der Waals surface area contributed by atoms with E-state index in [1.807, 2.05) is 66.7 Å². The number of nitriles is 1. The van der Waals surface area contributed by atoms with E-state index in [0.29, 0.717) is 29.6 Å². The Kier molecular flexibility index (Phi) is 5.40. The molecule has 4 rings (SSSR count). The molecule has 6 heteroatoms. The van der Waals surface area contributed by atoms with Crippen LogP contribution in [0.4, 0.5) is 17.5 Å². The van der Waals surface area contributed by atoms with Gasteiger partial charge in [-0.2, -0.15) is 10.2 Å². The lowest BCUT2D eigenvalue weighted by molar-refractivity contribution is 1.08. The van der Waals surface area contributed by atoms with Crippen LogP contribution in [0.5, 0.6) is 0 Å². The number of pyridine rings is 1. The Balaban J connectivity index is 1.67. The van der Waals surface area contributed by atoms with E-state index in [4.69, 9.17) is 0 Å². The summed E-state index contributed by atoms with van der Waals surface area (Å²) in [6, 6.07) is 25.2. The molecule has 0 aliphatic carbocycles. The maximum absolute atomic E-state index is 9.35. The number of para-hydroxylation sites is 1. The minimum absolute atomic E-state index is 0.422. The highest BCUT2D eigenvalue weighted by atomic mass is 15.1. The zero-order valence-electron chi connectivity index (χ0n) is 15.6. The zero-order valence-corrected chi connectivity index (χ0v) is 15.6. The quantitative estimate of drug-likeness (QED) is 0.503. The molecule has 0 amide bonds. The van der Waals surface area contributed by atoms with Gasteiger partial charge < -0.3 is 10.6 Å². The molecule has 0 radical (unpaired) electrons. The van der Waals surface area contributed by atoms with Gasteiger partial charge in [0.25, 0.3) is 0 Å². The molecule has 0 saturated heterocycles. The SMILES string of the molecule is N#Cc1ccccc1Nc1nc(NCc2ccncc2)cc(-c2ccccc2)n1. The first-order chi connectivity index (χ1) is 14.3. The number of nitrogens with zero attached hydrogens (tertiary/aromatic N) is 4. The number of hydrogen-bond acceptors (Lipinski definition) is 6. The lowest BCUT2D eigenvalue weighted by Gasteiger charge is -2.12. The normalized spacial score (nSPS) is 10.2. The van der Waals surface area contributed by atoms with Crippen LogP contribution in [0.1, 0.15) is 11.1 Å². The van der Waals surface area contributed by atoms with E-state index in [9.17, 15) is 5.26 Å². The number of hydrogen-bond donors (Lipinski definition) is 2. The fourth-order valence-corrected chi connectivity index (χ4v) is 2.85. The first kappa shape index (κ1) is 18.1. The average molecular weight is 378 g/mol. The van der Waals surface area contributed by atoms with Gasteiger partial charge in [0.2, 0.25) is 5.95 Å². The van der Waals surface area contributed by atoms with Crippen LogP contribution in [-0.2, 0) is 6.54 Å². The van der Waals surface area contributed by atoms with Crippen molar-refractivity contribution in [2.75, 3.05) is 10.6 Å². The van der Waals surface area contributed by atoms with Gasteiger partial charge in [-0.1, -0.05) is 42.5 Å². The largest absolute Gasteiger partial charge is 0.366 e. The first-order valence-corrected chi connectivity index (χ1v) is 9.15. The summed E-state index contributed by atoms with van der Waals surface area (Å²) in [5.41, 5.74) is 4.07.